The summed E-state index contributed by atoms with van der Waals surface area (Å²) in [5, 5.41) is 0. The van der Waals surface area contributed by atoms with Crippen LogP contribution in [0, 0.1) is 5.92 Å². The lowest BCUT2D eigenvalue weighted by molar-refractivity contribution is -0.130. The van der Waals surface area contributed by atoms with Crippen molar-refractivity contribution in [2.75, 3.05) is 39.8 Å². The van der Waals surface area contributed by atoms with Gasteiger partial charge >= 0.3 is 0 Å². The van der Waals surface area contributed by atoms with Crippen LogP contribution in [-0.4, -0.2) is 55.5 Å². The van der Waals surface area contributed by atoms with Gasteiger partial charge in [-0.3, -0.25) is 4.79 Å². The first kappa shape index (κ1) is 12.5. The van der Waals surface area contributed by atoms with Crippen molar-refractivity contribution in [3.05, 3.63) is 0 Å². The van der Waals surface area contributed by atoms with Gasteiger partial charge in [-0.15, -0.1) is 0 Å². The number of rotatable bonds is 4. The van der Waals surface area contributed by atoms with Gasteiger partial charge < -0.3 is 15.5 Å². The van der Waals surface area contributed by atoms with Crippen molar-refractivity contribution in [1.29, 1.82) is 0 Å². The number of amides is 1. The Hall–Kier alpha value is -0.610. The molecule has 0 bridgehead atoms. The first-order chi connectivity index (χ1) is 7.17. The van der Waals surface area contributed by atoms with E-state index in [0.717, 1.165) is 26.2 Å². The SMILES string of the molecule is CCN(CC1CCN(C)CC1)C(=O)CN. The highest BCUT2D eigenvalue weighted by Gasteiger charge is 2.20. The number of nitrogens with two attached hydrogens (primary N) is 1. The number of likely N-dealkylation sites (N-methyl/N-ethyl adjacent to an activating group) is 1. The molecule has 1 amide bonds. The van der Waals surface area contributed by atoms with Gasteiger partial charge in [0.15, 0.2) is 0 Å². The second-order valence-electron chi connectivity index (χ2n) is 4.38. The molecule has 0 aromatic heterocycles. The molecule has 88 valence electrons. The predicted molar refractivity (Wildman–Crippen MR) is 61.5 cm³/mol. The van der Waals surface area contributed by atoms with E-state index in [9.17, 15) is 4.79 Å². The number of carbonyl (C=O) groups excluding carboxylic acids is 1. The second kappa shape index (κ2) is 6.08. The van der Waals surface area contributed by atoms with Gasteiger partial charge in [0.2, 0.25) is 5.91 Å². The number of nitrogens with zero attached hydrogens (tertiary/aromatic N) is 2. The number of carbonyl (C=O) groups is 1. The van der Waals surface area contributed by atoms with E-state index in [0.29, 0.717) is 5.92 Å². The molecule has 1 aliphatic heterocycles. The summed E-state index contributed by atoms with van der Waals surface area (Å²) in [5.41, 5.74) is 5.38. The van der Waals surface area contributed by atoms with Crippen molar-refractivity contribution in [3.63, 3.8) is 0 Å². The fourth-order valence-corrected chi connectivity index (χ4v) is 2.09. The fraction of sp³-hybridized carbons (Fsp3) is 0.909. The number of hydrogen-bond acceptors (Lipinski definition) is 3. The highest BCUT2D eigenvalue weighted by molar-refractivity contribution is 5.77. The van der Waals surface area contributed by atoms with Crippen molar-refractivity contribution >= 4 is 5.91 Å². The lowest BCUT2D eigenvalue weighted by Crippen LogP contribution is -2.42. The molecule has 0 unspecified atom stereocenters. The molecule has 0 aromatic carbocycles. The molecule has 4 nitrogen and oxygen atoms in total. The minimum atomic E-state index is 0.0800. The summed E-state index contributed by atoms with van der Waals surface area (Å²) in [4.78, 5) is 15.7. The number of piperidine rings is 1. The third-order valence-electron chi connectivity index (χ3n) is 3.23. The zero-order valence-electron chi connectivity index (χ0n) is 9.91. The van der Waals surface area contributed by atoms with E-state index in [1.807, 2.05) is 11.8 Å². The molecule has 0 radical (unpaired) electrons. The molecular weight excluding hydrogens is 190 g/mol. The predicted octanol–water partition coefficient (Wildman–Crippen LogP) is 0.135. The molecule has 4 heteroatoms. The zero-order chi connectivity index (χ0) is 11.3. The minimum absolute atomic E-state index is 0.0800. The minimum Gasteiger partial charge on any atom is -0.342 e. The Kier molecular flexibility index (Phi) is 5.05. The summed E-state index contributed by atoms with van der Waals surface area (Å²) in [6.45, 7) is 6.13. The molecule has 1 rings (SSSR count). The van der Waals surface area contributed by atoms with E-state index in [-0.39, 0.29) is 12.5 Å². The van der Waals surface area contributed by atoms with Gasteiger partial charge in [0, 0.05) is 13.1 Å². The highest BCUT2D eigenvalue weighted by Crippen LogP contribution is 2.17. The topological polar surface area (TPSA) is 49.6 Å². The first-order valence-electron chi connectivity index (χ1n) is 5.83. The Labute approximate surface area is 92.4 Å². The van der Waals surface area contributed by atoms with E-state index >= 15 is 0 Å². The molecule has 2 N–H and O–H groups in total. The van der Waals surface area contributed by atoms with Crippen LogP contribution < -0.4 is 5.73 Å². The molecule has 0 saturated carbocycles. The van der Waals surface area contributed by atoms with E-state index in [2.05, 4.69) is 11.9 Å². The van der Waals surface area contributed by atoms with Gasteiger partial charge in [-0.05, 0) is 45.8 Å². The molecular formula is C11H23N3O. The summed E-state index contributed by atoms with van der Waals surface area (Å²) in [7, 11) is 2.15. The molecule has 1 aliphatic rings. The highest BCUT2D eigenvalue weighted by atomic mass is 16.2. The molecule has 15 heavy (non-hydrogen) atoms. The van der Waals surface area contributed by atoms with Crippen molar-refractivity contribution in [2.24, 2.45) is 11.7 Å². The quantitative estimate of drug-likeness (QED) is 0.722. The normalized spacial score (nSPS) is 19.1. The average Bonchev–Trinajstić information content (AvgIpc) is 2.27. The summed E-state index contributed by atoms with van der Waals surface area (Å²) < 4.78 is 0. The molecule has 1 fully saturated rings. The molecule has 1 saturated heterocycles. The maximum atomic E-state index is 11.5. The smallest absolute Gasteiger partial charge is 0.236 e. The van der Waals surface area contributed by atoms with Crippen LogP contribution in [0.4, 0.5) is 0 Å². The zero-order valence-corrected chi connectivity index (χ0v) is 9.91. The summed E-state index contributed by atoms with van der Waals surface area (Å²) >= 11 is 0. The van der Waals surface area contributed by atoms with Gasteiger partial charge in [0.1, 0.15) is 0 Å². The summed E-state index contributed by atoms with van der Waals surface area (Å²) in [6, 6.07) is 0. The van der Waals surface area contributed by atoms with Crippen LogP contribution >= 0.6 is 0 Å². The standard InChI is InChI=1S/C11H23N3O/c1-3-14(11(15)8-12)9-10-4-6-13(2)7-5-10/h10H,3-9,12H2,1-2H3. The van der Waals surface area contributed by atoms with Crippen molar-refractivity contribution < 1.29 is 4.79 Å². The lowest BCUT2D eigenvalue weighted by atomic mass is 9.96. The van der Waals surface area contributed by atoms with E-state index in [1.165, 1.54) is 12.8 Å². The molecule has 0 aliphatic carbocycles. The third-order valence-corrected chi connectivity index (χ3v) is 3.23. The molecule has 0 atom stereocenters. The van der Waals surface area contributed by atoms with Crippen molar-refractivity contribution in [2.45, 2.75) is 19.8 Å². The first-order valence-corrected chi connectivity index (χ1v) is 5.83. The second-order valence-corrected chi connectivity index (χ2v) is 4.38. The van der Waals surface area contributed by atoms with Gasteiger partial charge in [0.25, 0.3) is 0 Å². The Balaban J connectivity index is 2.35. The van der Waals surface area contributed by atoms with Crippen molar-refractivity contribution in [3.8, 4) is 0 Å². The number of likely N-dealkylation sites (tertiary alicyclic amines) is 1. The van der Waals surface area contributed by atoms with Gasteiger partial charge in [-0.1, -0.05) is 0 Å². The van der Waals surface area contributed by atoms with Crippen LogP contribution in [0.1, 0.15) is 19.8 Å². The van der Waals surface area contributed by atoms with Gasteiger partial charge in [-0.25, -0.2) is 0 Å². The molecule has 0 spiro atoms. The van der Waals surface area contributed by atoms with Crippen LogP contribution in [0.5, 0.6) is 0 Å². The van der Waals surface area contributed by atoms with Crippen LogP contribution in [0.3, 0.4) is 0 Å². The van der Waals surface area contributed by atoms with Gasteiger partial charge in [0.05, 0.1) is 6.54 Å². The fourth-order valence-electron chi connectivity index (χ4n) is 2.09. The van der Waals surface area contributed by atoms with Crippen LogP contribution in [0.25, 0.3) is 0 Å². The number of hydrogen-bond donors (Lipinski definition) is 1. The van der Waals surface area contributed by atoms with Gasteiger partial charge in [-0.2, -0.15) is 0 Å². The largest absolute Gasteiger partial charge is 0.342 e. The Morgan fingerprint density at radius 1 is 1.47 bits per heavy atom. The average molecular weight is 213 g/mol. The molecule has 0 aromatic rings. The lowest BCUT2D eigenvalue weighted by Gasteiger charge is -2.32. The monoisotopic (exact) mass is 213 g/mol. The van der Waals surface area contributed by atoms with Crippen molar-refractivity contribution in [1.82, 2.24) is 9.80 Å². The summed E-state index contributed by atoms with van der Waals surface area (Å²) in [5.74, 6) is 0.744. The van der Waals surface area contributed by atoms with E-state index in [4.69, 9.17) is 5.73 Å². The Morgan fingerprint density at radius 3 is 2.53 bits per heavy atom. The van der Waals surface area contributed by atoms with E-state index < -0.39 is 0 Å². The molecule has 1 heterocycles. The van der Waals surface area contributed by atoms with Crippen LogP contribution in [-0.2, 0) is 4.79 Å². The third kappa shape index (κ3) is 3.80. The Bertz CT molecular complexity index is 200. The summed E-state index contributed by atoms with van der Waals surface area (Å²) in [6.07, 6.45) is 2.40. The Morgan fingerprint density at radius 2 is 2.07 bits per heavy atom. The maximum Gasteiger partial charge on any atom is 0.236 e. The van der Waals surface area contributed by atoms with Crippen LogP contribution in [0.2, 0.25) is 0 Å². The maximum absolute atomic E-state index is 11.5. The van der Waals surface area contributed by atoms with E-state index in [1.54, 1.807) is 0 Å². The van der Waals surface area contributed by atoms with Crippen LogP contribution in [0.15, 0.2) is 0 Å².